The third-order valence-corrected chi connectivity index (χ3v) is 6.01. The van der Waals surface area contributed by atoms with Crippen molar-refractivity contribution in [1.29, 1.82) is 0 Å². The van der Waals surface area contributed by atoms with E-state index in [9.17, 15) is 9.59 Å². The molecule has 0 bridgehead atoms. The van der Waals surface area contributed by atoms with Gasteiger partial charge in [0.25, 0.3) is 11.8 Å². The molecule has 1 fully saturated rings. The number of fused-ring (bicyclic) bond motifs is 3. The first-order valence-electron chi connectivity index (χ1n) is 9.88. The van der Waals surface area contributed by atoms with Crippen LogP contribution in [-0.2, 0) is 11.3 Å². The summed E-state index contributed by atoms with van der Waals surface area (Å²) in [6.07, 6.45) is 4.82. The van der Waals surface area contributed by atoms with Crippen molar-refractivity contribution >= 4 is 17.6 Å². The van der Waals surface area contributed by atoms with Gasteiger partial charge in [-0.2, -0.15) is 0 Å². The second-order valence-electron chi connectivity index (χ2n) is 7.86. The van der Waals surface area contributed by atoms with E-state index in [0.29, 0.717) is 12.4 Å². The fraction of sp³-hybridized carbons (Fsp3) is 0.333. The molecule has 0 saturated heterocycles. The smallest absolute Gasteiger partial charge is 0.274 e. The first-order chi connectivity index (χ1) is 14.5. The van der Waals surface area contributed by atoms with Crippen molar-refractivity contribution < 1.29 is 9.59 Å². The monoisotopic (exact) mass is 403 g/mol. The Morgan fingerprint density at radius 1 is 1.17 bits per heavy atom. The first-order valence-corrected chi connectivity index (χ1v) is 9.88. The number of nitrogens with one attached hydrogen (secondary N) is 1. The molecule has 30 heavy (non-hydrogen) atoms. The van der Waals surface area contributed by atoms with Crippen molar-refractivity contribution in [2.75, 3.05) is 11.9 Å². The summed E-state index contributed by atoms with van der Waals surface area (Å²) < 4.78 is 1.61. The number of carbonyl (C=O) groups excluding carboxylic acids is 2. The van der Waals surface area contributed by atoms with E-state index in [1.807, 2.05) is 30.3 Å². The molecule has 1 aromatic carbocycles. The summed E-state index contributed by atoms with van der Waals surface area (Å²) in [4.78, 5) is 36.2. The number of nitrogens with zero attached hydrogens (tertiary/aromatic N) is 6. The Hall–Kier alpha value is -3.62. The van der Waals surface area contributed by atoms with Gasteiger partial charge in [0.1, 0.15) is 6.04 Å². The van der Waals surface area contributed by atoms with Crippen molar-refractivity contribution in [3.63, 3.8) is 0 Å². The van der Waals surface area contributed by atoms with Crippen molar-refractivity contribution in [3.8, 4) is 0 Å². The van der Waals surface area contributed by atoms with Crippen molar-refractivity contribution in [2.24, 2.45) is 11.8 Å². The summed E-state index contributed by atoms with van der Waals surface area (Å²) >= 11 is 0. The van der Waals surface area contributed by atoms with Gasteiger partial charge in [0.05, 0.1) is 18.4 Å². The topological polar surface area (TPSA) is 106 Å². The largest absolute Gasteiger partial charge is 0.338 e. The molecule has 2 aliphatic rings. The third kappa shape index (κ3) is 3.02. The lowest BCUT2D eigenvalue weighted by Crippen LogP contribution is -2.49. The van der Waals surface area contributed by atoms with Crippen molar-refractivity contribution in [2.45, 2.75) is 25.4 Å². The third-order valence-electron chi connectivity index (χ3n) is 6.01. The van der Waals surface area contributed by atoms with Gasteiger partial charge in [0.15, 0.2) is 11.5 Å². The van der Waals surface area contributed by atoms with Gasteiger partial charge in [-0.15, -0.1) is 5.10 Å². The quantitative estimate of drug-likeness (QED) is 0.703. The average Bonchev–Trinajstić information content (AvgIpc) is 3.21. The van der Waals surface area contributed by atoms with Crippen LogP contribution in [0, 0.1) is 11.8 Å². The molecule has 152 valence electrons. The van der Waals surface area contributed by atoms with Crippen LogP contribution in [0.1, 0.15) is 34.6 Å². The number of carbonyl (C=O) groups is 2. The number of rotatable bonds is 4. The predicted octanol–water partition coefficient (Wildman–Crippen LogP) is 1.24. The van der Waals surface area contributed by atoms with Crippen molar-refractivity contribution in [1.82, 2.24) is 30.3 Å². The SMILES string of the molecule is CC1C2c3nccnc3N(C)C(=O)[C@@H](NC(=O)c3cn(Cc4ccccc4)nn3)C12. The zero-order chi connectivity index (χ0) is 20.8. The Morgan fingerprint density at radius 2 is 1.93 bits per heavy atom. The van der Waals surface area contributed by atoms with Gasteiger partial charge in [0.2, 0.25) is 0 Å². The van der Waals surface area contributed by atoms with Crippen molar-refractivity contribution in [3.05, 3.63) is 65.9 Å². The van der Waals surface area contributed by atoms with E-state index in [0.717, 1.165) is 11.3 Å². The lowest BCUT2D eigenvalue weighted by Gasteiger charge is -2.22. The Morgan fingerprint density at radius 3 is 2.73 bits per heavy atom. The molecule has 3 aromatic rings. The van der Waals surface area contributed by atoms with Gasteiger partial charge < -0.3 is 5.32 Å². The molecule has 9 heteroatoms. The van der Waals surface area contributed by atoms with Crippen LogP contribution in [0.25, 0.3) is 0 Å². The molecule has 2 amide bonds. The van der Waals surface area contributed by atoms with Crippen LogP contribution in [0.5, 0.6) is 0 Å². The molecule has 5 rings (SSSR count). The van der Waals surface area contributed by atoms with E-state index in [4.69, 9.17) is 0 Å². The molecule has 0 radical (unpaired) electrons. The fourth-order valence-electron chi connectivity index (χ4n) is 4.37. The van der Waals surface area contributed by atoms with Gasteiger partial charge in [-0.1, -0.05) is 42.5 Å². The van der Waals surface area contributed by atoms with Crippen LogP contribution in [0.15, 0.2) is 48.9 Å². The highest BCUT2D eigenvalue weighted by atomic mass is 16.2. The summed E-state index contributed by atoms with van der Waals surface area (Å²) in [5.74, 6) is 0.275. The lowest BCUT2D eigenvalue weighted by molar-refractivity contribution is -0.120. The first kappa shape index (κ1) is 18.4. The molecule has 2 aromatic heterocycles. The molecule has 1 aliphatic heterocycles. The van der Waals surface area contributed by atoms with Gasteiger partial charge in [-0.3, -0.25) is 19.5 Å². The van der Waals surface area contributed by atoms with Crippen LogP contribution in [-0.4, -0.2) is 49.9 Å². The van der Waals surface area contributed by atoms with Crippen LogP contribution in [0.3, 0.4) is 0 Å². The minimum Gasteiger partial charge on any atom is -0.338 e. The van der Waals surface area contributed by atoms with Gasteiger partial charge in [-0.05, 0) is 11.5 Å². The molecule has 3 heterocycles. The highest BCUT2D eigenvalue weighted by Gasteiger charge is 2.59. The van der Waals surface area contributed by atoms with E-state index in [2.05, 4.69) is 32.5 Å². The molecule has 1 aliphatic carbocycles. The fourth-order valence-corrected chi connectivity index (χ4v) is 4.37. The number of benzene rings is 1. The second kappa shape index (κ2) is 7.01. The van der Waals surface area contributed by atoms with E-state index in [-0.39, 0.29) is 29.4 Å². The highest BCUT2D eigenvalue weighted by Crippen LogP contribution is 2.58. The number of hydrogen-bond acceptors (Lipinski definition) is 6. The van der Waals surface area contributed by atoms with Gasteiger partial charge >= 0.3 is 0 Å². The maximum atomic E-state index is 13.1. The average molecular weight is 403 g/mol. The van der Waals surface area contributed by atoms with E-state index < -0.39 is 11.9 Å². The molecular formula is C21H21N7O2. The maximum absolute atomic E-state index is 13.1. The number of anilines is 1. The molecular weight excluding hydrogens is 382 g/mol. The van der Waals surface area contributed by atoms with Crippen LogP contribution in [0.4, 0.5) is 5.82 Å². The summed E-state index contributed by atoms with van der Waals surface area (Å²) in [5.41, 5.74) is 2.06. The standard InChI is InChI=1S/C21H21N7O2/c1-12-15-16(12)18(21(30)27(2)19-17(15)22-8-9-23-19)24-20(29)14-11-28(26-25-14)10-13-6-4-3-5-7-13/h3-9,11-12,15-16,18H,10H2,1-2H3,(H,24,29)/t12?,15?,16?,18-/m0/s1. The number of aromatic nitrogens is 5. The number of amides is 2. The molecule has 9 nitrogen and oxygen atoms in total. The number of likely N-dealkylation sites (N-methyl/N-ethyl adjacent to an activating group) is 1. The highest BCUT2D eigenvalue weighted by molar-refractivity contribution is 6.02. The number of hydrogen-bond donors (Lipinski definition) is 1. The summed E-state index contributed by atoms with van der Waals surface area (Å²) in [6, 6.07) is 9.15. The molecule has 4 atom stereocenters. The van der Waals surface area contributed by atoms with E-state index >= 15 is 0 Å². The van der Waals surface area contributed by atoms with Gasteiger partial charge in [-0.25, -0.2) is 9.67 Å². The summed E-state index contributed by atoms with van der Waals surface area (Å²) in [7, 11) is 1.67. The molecule has 3 unspecified atom stereocenters. The second-order valence-corrected chi connectivity index (χ2v) is 7.86. The molecule has 1 saturated carbocycles. The van der Waals surface area contributed by atoms with Crippen LogP contribution in [0.2, 0.25) is 0 Å². The zero-order valence-corrected chi connectivity index (χ0v) is 16.6. The molecule has 0 spiro atoms. The summed E-state index contributed by atoms with van der Waals surface area (Å²) in [6.45, 7) is 2.59. The Bertz CT molecular complexity index is 1110. The Labute approximate surface area is 173 Å². The lowest BCUT2D eigenvalue weighted by atomic mass is 10.1. The van der Waals surface area contributed by atoms with Crippen LogP contribution >= 0.6 is 0 Å². The van der Waals surface area contributed by atoms with E-state index in [1.165, 1.54) is 4.90 Å². The minimum atomic E-state index is -0.655. The Kier molecular flexibility index (Phi) is 4.30. The van der Waals surface area contributed by atoms with Gasteiger partial charge in [0, 0.05) is 31.3 Å². The normalized spacial score (nSPS) is 24.6. The van der Waals surface area contributed by atoms with E-state index in [1.54, 1.807) is 30.3 Å². The van der Waals surface area contributed by atoms with Crippen LogP contribution < -0.4 is 10.2 Å². The zero-order valence-electron chi connectivity index (χ0n) is 16.6. The minimum absolute atomic E-state index is 0.0128. The summed E-state index contributed by atoms with van der Waals surface area (Å²) in [5, 5.41) is 10.9. The predicted molar refractivity (Wildman–Crippen MR) is 108 cm³/mol. The maximum Gasteiger partial charge on any atom is 0.274 e. The molecule has 1 N–H and O–H groups in total. The Balaban J connectivity index is 1.35.